The van der Waals surface area contributed by atoms with E-state index < -0.39 is 11.7 Å². The number of benzene rings is 1. The van der Waals surface area contributed by atoms with Gasteiger partial charge >= 0.3 is 12.3 Å². The molecule has 4 aromatic rings. The zero-order valence-electron chi connectivity index (χ0n) is 18.9. The summed E-state index contributed by atoms with van der Waals surface area (Å²) in [6.07, 6.45) is -2.58. The number of aryl methyl sites for hydroxylation is 1. The van der Waals surface area contributed by atoms with Gasteiger partial charge in [-0.3, -0.25) is 4.68 Å². The molecule has 1 aliphatic rings. The molecule has 13 heteroatoms. The number of amides is 1. The van der Waals surface area contributed by atoms with Crippen LogP contribution in [-0.2, 0) is 31.1 Å². The van der Waals surface area contributed by atoms with Crippen LogP contribution in [0.4, 0.5) is 18.0 Å². The summed E-state index contributed by atoms with van der Waals surface area (Å²) >= 11 is 0. The van der Waals surface area contributed by atoms with E-state index in [4.69, 9.17) is 14.0 Å². The molecule has 186 valence electrons. The Morgan fingerprint density at radius 3 is 2.75 bits per heavy atom. The summed E-state index contributed by atoms with van der Waals surface area (Å²) in [6.45, 7) is 1.27. The maximum atomic E-state index is 12.7. The first-order valence-electron chi connectivity index (χ1n) is 10.8. The van der Waals surface area contributed by atoms with Gasteiger partial charge in [0.05, 0.1) is 29.6 Å². The van der Waals surface area contributed by atoms with Crippen LogP contribution in [-0.4, -0.2) is 49.0 Å². The molecule has 1 fully saturated rings. The standard InChI is InChI=1S/C23H19F3N6O4/c1-31-18(13-35-19-6-5-16(10-27-19)23(24,25)26)17(11-28-31)21-29-20(30-36-21)15-4-2-3-14(9-15)12-32-7-8-34-22(32)33/h2-6,9-11H,7-8,12-13H2,1H3. The third kappa shape index (κ3) is 4.85. The van der Waals surface area contributed by atoms with Crippen molar-refractivity contribution >= 4 is 6.09 Å². The lowest BCUT2D eigenvalue weighted by molar-refractivity contribution is -0.137. The largest absolute Gasteiger partial charge is 0.471 e. The van der Waals surface area contributed by atoms with Gasteiger partial charge in [0, 0.05) is 31.4 Å². The lowest BCUT2D eigenvalue weighted by Crippen LogP contribution is -2.23. The number of ether oxygens (including phenoxy) is 2. The van der Waals surface area contributed by atoms with Crippen LogP contribution in [0.5, 0.6) is 5.88 Å². The highest BCUT2D eigenvalue weighted by Gasteiger charge is 2.30. The number of pyridine rings is 1. The van der Waals surface area contributed by atoms with Crippen molar-refractivity contribution in [2.24, 2.45) is 7.05 Å². The first-order valence-corrected chi connectivity index (χ1v) is 10.8. The number of alkyl halides is 3. The molecule has 1 aromatic carbocycles. The molecule has 0 aliphatic carbocycles. The fourth-order valence-electron chi connectivity index (χ4n) is 3.64. The fourth-order valence-corrected chi connectivity index (χ4v) is 3.64. The molecule has 0 N–H and O–H groups in total. The molecule has 10 nitrogen and oxygen atoms in total. The topological polar surface area (TPSA) is 108 Å². The van der Waals surface area contributed by atoms with Gasteiger partial charge in [-0.2, -0.15) is 23.3 Å². The van der Waals surface area contributed by atoms with Crippen LogP contribution in [0.1, 0.15) is 16.8 Å². The van der Waals surface area contributed by atoms with Crippen molar-refractivity contribution in [3.05, 3.63) is 65.6 Å². The van der Waals surface area contributed by atoms with Crippen molar-refractivity contribution in [3.63, 3.8) is 0 Å². The maximum absolute atomic E-state index is 12.7. The van der Waals surface area contributed by atoms with Crippen LogP contribution in [0.25, 0.3) is 22.8 Å². The van der Waals surface area contributed by atoms with Gasteiger partial charge in [0.15, 0.2) is 0 Å². The smallest absolute Gasteiger partial charge is 0.417 e. The monoisotopic (exact) mass is 500 g/mol. The Morgan fingerprint density at radius 1 is 1.17 bits per heavy atom. The van der Waals surface area contributed by atoms with E-state index >= 15 is 0 Å². The molecule has 4 heterocycles. The van der Waals surface area contributed by atoms with E-state index in [0.717, 1.165) is 17.7 Å². The number of rotatable bonds is 7. The van der Waals surface area contributed by atoms with Crippen LogP contribution in [0, 0.1) is 0 Å². The zero-order valence-corrected chi connectivity index (χ0v) is 18.9. The summed E-state index contributed by atoms with van der Waals surface area (Å²) in [5.41, 5.74) is 1.80. The second-order valence-electron chi connectivity index (χ2n) is 7.96. The number of nitrogens with zero attached hydrogens (tertiary/aromatic N) is 6. The molecule has 3 aromatic heterocycles. The van der Waals surface area contributed by atoms with E-state index in [2.05, 4.69) is 20.2 Å². The second kappa shape index (κ2) is 9.32. The molecule has 0 saturated carbocycles. The van der Waals surface area contributed by atoms with Gasteiger partial charge in [0.25, 0.3) is 5.89 Å². The van der Waals surface area contributed by atoms with Gasteiger partial charge in [0.1, 0.15) is 13.2 Å². The Balaban J connectivity index is 1.31. The van der Waals surface area contributed by atoms with Crippen LogP contribution in [0.3, 0.4) is 0 Å². The number of carbonyl (C=O) groups excluding carboxylic acids is 1. The fraction of sp³-hybridized carbons (Fsp3) is 0.261. The molecule has 0 bridgehead atoms. The number of hydrogen-bond acceptors (Lipinski definition) is 8. The highest BCUT2D eigenvalue weighted by atomic mass is 19.4. The molecule has 0 atom stereocenters. The number of halogens is 3. The van der Waals surface area contributed by atoms with Crippen molar-refractivity contribution in [2.75, 3.05) is 13.2 Å². The van der Waals surface area contributed by atoms with Gasteiger partial charge in [-0.05, 0) is 17.7 Å². The van der Waals surface area contributed by atoms with Gasteiger partial charge in [-0.15, -0.1) is 0 Å². The highest BCUT2D eigenvalue weighted by molar-refractivity contribution is 5.69. The minimum Gasteiger partial charge on any atom is -0.471 e. The Kier molecular flexibility index (Phi) is 6.04. The van der Waals surface area contributed by atoms with E-state index in [1.165, 1.54) is 6.20 Å². The summed E-state index contributed by atoms with van der Waals surface area (Å²) in [5.74, 6) is 0.571. The molecule has 0 unspecified atom stereocenters. The van der Waals surface area contributed by atoms with E-state index in [0.29, 0.717) is 48.5 Å². The van der Waals surface area contributed by atoms with Gasteiger partial charge in [0.2, 0.25) is 11.7 Å². The van der Waals surface area contributed by atoms with Crippen LogP contribution < -0.4 is 4.74 Å². The molecule has 0 spiro atoms. The summed E-state index contributed by atoms with van der Waals surface area (Å²) < 4.78 is 55.8. The Hall–Kier alpha value is -4.42. The predicted molar refractivity (Wildman–Crippen MR) is 117 cm³/mol. The minimum atomic E-state index is -4.48. The van der Waals surface area contributed by atoms with Crippen molar-refractivity contribution in [2.45, 2.75) is 19.3 Å². The quantitative estimate of drug-likeness (QED) is 0.374. The SMILES string of the molecule is Cn1ncc(-c2nc(-c3cccc(CN4CCOC4=O)c3)no2)c1COc1ccc(C(F)(F)F)cn1. The second-order valence-corrected chi connectivity index (χ2v) is 7.96. The van der Waals surface area contributed by atoms with E-state index in [1.54, 1.807) is 16.6 Å². The number of hydrogen-bond donors (Lipinski definition) is 0. The molecule has 0 radical (unpaired) electrons. The Morgan fingerprint density at radius 2 is 2.03 bits per heavy atom. The van der Waals surface area contributed by atoms with E-state index in [9.17, 15) is 18.0 Å². The first-order chi connectivity index (χ1) is 17.3. The number of carbonyl (C=O) groups is 1. The zero-order chi connectivity index (χ0) is 25.3. The third-order valence-electron chi connectivity index (χ3n) is 5.54. The summed E-state index contributed by atoms with van der Waals surface area (Å²) in [5, 5.41) is 8.27. The number of cyclic esters (lactones) is 1. The van der Waals surface area contributed by atoms with Crippen LogP contribution >= 0.6 is 0 Å². The van der Waals surface area contributed by atoms with Gasteiger partial charge in [-0.1, -0.05) is 23.4 Å². The van der Waals surface area contributed by atoms with Crippen molar-refractivity contribution in [1.29, 1.82) is 0 Å². The lowest BCUT2D eigenvalue weighted by atomic mass is 10.1. The van der Waals surface area contributed by atoms with Crippen molar-refractivity contribution in [3.8, 4) is 28.7 Å². The van der Waals surface area contributed by atoms with Crippen LogP contribution in [0.2, 0.25) is 0 Å². The summed E-state index contributed by atoms with van der Waals surface area (Å²) in [6, 6.07) is 9.47. The first kappa shape index (κ1) is 23.3. The predicted octanol–water partition coefficient (Wildman–Crippen LogP) is 4.08. The Labute approximate surface area is 202 Å². The van der Waals surface area contributed by atoms with Crippen molar-refractivity contribution < 1.29 is 32.0 Å². The molecule has 1 aliphatic heterocycles. The third-order valence-corrected chi connectivity index (χ3v) is 5.54. The summed E-state index contributed by atoms with van der Waals surface area (Å²) in [4.78, 5) is 21.5. The van der Waals surface area contributed by atoms with Crippen molar-refractivity contribution in [1.82, 2.24) is 29.8 Å². The summed E-state index contributed by atoms with van der Waals surface area (Å²) in [7, 11) is 1.69. The maximum Gasteiger partial charge on any atom is 0.417 e. The van der Waals surface area contributed by atoms with Crippen LogP contribution in [0.15, 0.2) is 53.3 Å². The molecule has 5 rings (SSSR count). The van der Waals surface area contributed by atoms with Gasteiger partial charge < -0.3 is 18.9 Å². The van der Waals surface area contributed by atoms with Gasteiger partial charge in [-0.25, -0.2) is 9.78 Å². The lowest BCUT2D eigenvalue weighted by Gasteiger charge is -2.12. The van der Waals surface area contributed by atoms with E-state index in [1.807, 2.05) is 24.3 Å². The Bertz CT molecular complexity index is 1380. The molecule has 1 amide bonds. The molecular formula is C23H19F3N6O4. The molecule has 1 saturated heterocycles. The highest BCUT2D eigenvalue weighted by Crippen LogP contribution is 2.30. The average Bonchev–Trinajstić information content (AvgIpc) is 3.58. The number of aromatic nitrogens is 5. The van der Waals surface area contributed by atoms with E-state index in [-0.39, 0.29) is 24.5 Å². The normalized spacial score (nSPS) is 13.8. The average molecular weight is 500 g/mol. The molecule has 36 heavy (non-hydrogen) atoms. The minimum absolute atomic E-state index is 0.0278. The molecular weight excluding hydrogens is 481 g/mol.